The average molecular weight is 192 g/mol. The molecule has 4 aliphatic rings. The van der Waals surface area contributed by atoms with Gasteiger partial charge in [-0.1, -0.05) is 5.16 Å². The fourth-order valence-corrected chi connectivity index (χ4v) is 3.19. The van der Waals surface area contributed by atoms with E-state index in [0.717, 1.165) is 19.5 Å². The van der Waals surface area contributed by atoms with Crippen LogP contribution >= 0.6 is 0 Å². The van der Waals surface area contributed by atoms with E-state index in [0.29, 0.717) is 29.8 Å². The molecule has 0 bridgehead atoms. The largest absolute Gasteiger partial charge is 0.392 e. The number of piperidine rings is 1. The molecule has 0 aromatic heterocycles. The van der Waals surface area contributed by atoms with Gasteiger partial charge in [0.15, 0.2) is 0 Å². The Morgan fingerprint density at radius 2 is 2.21 bits per heavy atom. The molecule has 2 heterocycles. The Morgan fingerprint density at radius 3 is 2.71 bits per heavy atom. The molecule has 2 aliphatic carbocycles. The van der Waals surface area contributed by atoms with Crippen molar-refractivity contribution >= 4 is 12.1 Å². The molecule has 2 aliphatic heterocycles. The summed E-state index contributed by atoms with van der Waals surface area (Å²) in [6, 6.07) is 0. The Labute approximate surface area is 81.9 Å². The SMILES string of the molecule is O=CN1C[C@@H]2C(C3=NO[C@H]4C[C@@H]34)[C@@H]2C1. The first-order chi connectivity index (χ1) is 6.88. The molecule has 2 saturated carbocycles. The van der Waals surface area contributed by atoms with Crippen LogP contribution in [0.25, 0.3) is 0 Å². The number of carbonyl (C=O) groups excluding carboxylic acids is 1. The second kappa shape index (κ2) is 2.12. The van der Waals surface area contributed by atoms with E-state index in [2.05, 4.69) is 5.16 Å². The zero-order chi connectivity index (χ0) is 9.28. The van der Waals surface area contributed by atoms with Gasteiger partial charge in [0.2, 0.25) is 6.41 Å². The lowest BCUT2D eigenvalue weighted by Gasteiger charge is -2.13. The molecule has 1 amide bonds. The molecule has 4 rings (SSSR count). The van der Waals surface area contributed by atoms with E-state index in [-0.39, 0.29) is 0 Å². The number of hydrogen-bond donors (Lipinski definition) is 0. The molecular formula is C10H12N2O2. The van der Waals surface area contributed by atoms with E-state index in [1.807, 2.05) is 4.90 Å². The number of rotatable bonds is 2. The van der Waals surface area contributed by atoms with E-state index in [1.165, 1.54) is 12.1 Å². The van der Waals surface area contributed by atoms with E-state index < -0.39 is 0 Å². The number of oxime groups is 1. The van der Waals surface area contributed by atoms with Crippen molar-refractivity contribution < 1.29 is 9.63 Å². The highest BCUT2D eigenvalue weighted by molar-refractivity contribution is 5.95. The van der Waals surface area contributed by atoms with E-state index >= 15 is 0 Å². The standard InChI is InChI=1S/C10H12N2O2/c13-4-12-2-6-7(3-12)9(6)10-5-1-8(5)14-11-10/h4-9H,1-3H2/t5-,6-,7+,8+,9?/m1/s1. The first kappa shape index (κ1) is 7.26. The van der Waals surface area contributed by atoms with Crippen molar-refractivity contribution in [2.75, 3.05) is 13.1 Å². The Balaban J connectivity index is 1.50. The van der Waals surface area contributed by atoms with Gasteiger partial charge in [-0.15, -0.1) is 0 Å². The quantitative estimate of drug-likeness (QED) is 0.582. The van der Waals surface area contributed by atoms with Gasteiger partial charge in [-0.25, -0.2) is 0 Å². The van der Waals surface area contributed by atoms with Crippen LogP contribution in [0.5, 0.6) is 0 Å². The Kier molecular flexibility index (Phi) is 1.10. The third kappa shape index (κ3) is 0.751. The van der Waals surface area contributed by atoms with E-state index in [1.54, 1.807) is 0 Å². The lowest BCUT2D eigenvalue weighted by atomic mass is 10.1. The fraction of sp³-hybridized carbons (Fsp3) is 0.800. The van der Waals surface area contributed by atoms with Crippen LogP contribution in [0.1, 0.15) is 6.42 Å². The maximum Gasteiger partial charge on any atom is 0.209 e. The maximum absolute atomic E-state index is 10.5. The summed E-state index contributed by atoms with van der Waals surface area (Å²) >= 11 is 0. The third-order valence-corrected chi connectivity index (χ3v) is 4.12. The summed E-state index contributed by atoms with van der Waals surface area (Å²) in [4.78, 5) is 17.7. The average Bonchev–Trinajstić information content (AvgIpc) is 3.03. The second-order valence-corrected chi connectivity index (χ2v) is 4.92. The topological polar surface area (TPSA) is 41.9 Å². The highest BCUT2D eigenvalue weighted by Crippen LogP contribution is 2.57. The van der Waals surface area contributed by atoms with Crippen LogP contribution in [0.3, 0.4) is 0 Å². The van der Waals surface area contributed by atoms with E-state index in [9.17, 15) is 4.79 Å². The Hall–Kier alpha value is -1.06. The van der Waals surface area contributed by atoms with Crippen LogP contribution in [0.15, 0.2) is 5.16 Å². The van der Waals surface area contributed by atoms with Crippen molar-refractivity contribution in [2.24, 2.45) is 28.8 Å². The molecule has 74 valence electrons. The molecule has 0 aromatic rings. The number of nitrogens with zero attached hydrogens (tertiary/aromatic N) is 2. The Bertz CT molecular complexity index is 329. The molecule has 1 saturated heterocycles. The van der Waals surface area contributed by atoms with Crippen LogP contribution in [-0.4, -0.2) is 36.2 Å². The van der Waals surface area contributed by atoms with Crippen molar-refractivity contribution in [1.29, 1.82) is 0 Å². The third-order valence-electron chi connectivity index (χ3n) is 4.12. The predicted octanol–water partition coefficient (Wildman–Crippen LogP) is 0.0953. The number of fused-ring (bicyclic) bond motifs is 2. The molecule has 4 heteroatoms. The van der Waals surface area contributed by atoms with Crippen molar-refractivity contribution in [1.82, 2.24) is 4.90 Å². The summed E-state index contributed by atoms with van der Waals surface area (Å²) in [7, 11) is 0. The van der Waals surface area contributed by atoms with Gasteiger partial charge in [0, 0.05) is 24.9 Å². The molecular weight excluding hydrogens is 180 g/mol. The zero-order valence-electron chi connectivity index (χ0n) is 7.80. The minimum atomic E-state index is 0.425. The zero-order valence-corrected chi connectivity index (χ0v) is 7.80. The summed E-state index contributed by atoms with van der Waals surface area (Å²) in [5.41, 5.74) is 1.32. The highest BCUT2D eigenvalue weighted by Gasteiger charge is 2.64. The summed E-state index contributed by atoms with van der Waals surface area (Å²) in [5, 5.41) is 4.17. The van der Waals surface area contributed by atoms with Gasteiger partial charge in [0.25, 0.3) is 0 Å². The van der Waals surface area contributed by atoms with Crippen LogP contribution < -0.4 is 0 Å². The summed E-state index contributed by atoms with van der Waals surface area (Å²) in [5.74, 6) is 2.70. The molecule has 4 nitrogen and oxygen atoms in total. The number of amides is 1. The monoisotopic (exact) mass is 192 g/mol. The number of carbonyl (C=O) groups is 1. The molecule has 0 radical (unpaired) electrons. The van der Waals surface area contributed by atoms with Gasteiger partial charge >= 0.3 is 0 Å². The van der Waals surface area contributed by atoms with Gasteiger partial charge in [-0.2, -0.15) is 0 Å². The first-order valence-electron chi connectivity index (χ1n) is 5.31. The maximum atomic E-state index is 10.5. The van der Waals surface area contributed by atoms with Gasteiger partial charge in [-0.3, -0.25) is 4.79 Å². The van der Waals surface area contributed by atoms with Gasteiger partial charge < -0.3 is 9.74 Å². The summed E-state index contributed by atoms with van der Waals surface area (Å²) in [6.45, 7) is 1.88. The molecule has 14 heavy (non-hydrogen) atoms. The van der Waals surface area contributed by atoms with Crippen molar-refractivity contribution in [3.63, 3.8) is 0 Å². The normalized spacial score (nSPS) is 51.9. The molecule has 0 N–H and O–H groups in total. The Morgan fingerprint density at radius 1 is 1.43 bits per heavy atom. The molecule has 1 unspecified atom stereocenters. The van der Waals surface area contributed by atoms with Crippen molar-refractivity contribution in [3.8, 4) is 0 Å². The first-order valence-corrected chi connectivity index (χ1v) is 5.31. The minimum absolute atomic E-state index is 0.425. The molecule has 5 atom stereocenters. The van der Waals surface area contributed by atoms with Crippen LogP contribution in [-0.2, 0) is 9.63 Å². The van der Waals surface area contributed by atoms with Crippen molar-refractivity contribution in [3.05, 3.63) is 0 Å². The second-order valence-electron chi connectivity index (χ2n) is 4.92. The fourth-order valence-electron chi connectivity index (χ4n) is 3.19. The van der Waals surface area contributed by atoms with Gasteiger partial charge in [-0.05, 0) is 18.3 Å². The van der Waals surface area contributed by atoms with Crippen LogP contribution in [0.4, 0.5) is 0 Å². The molecule has 0 aromatic carbocycles. The summed E-state index contributed by atoms with van der Waals surface area (Å²) < 4.78 is 0. The van der Waals surface area contributed by atoms with Crippen molar-refractivity contribution in [2.45, 2.75) is 12.5 Å². The number of hydrogen-bond acceptors (Lipinski definition) is 3. The highest BCUT2D eigenvalue weighted by atomic mass is 16.7. The molecule has 3 fully saturated rings. The van der Waals surface area contributed by atoms with Crippen LogP contribution in [0, 0.1) is 23.7 Å². The summed E-state index contributed by atoms with van der Waals surface area (Å²) in [6.07, 6.45) is 2.58. The van der Waals surface area contributed by atoms with Crippen LogP contribution in [0.2, 0.25) is 0 Å². The minimum Gasteiger partial charge on any atom is -0.392 e. The lowest BCUT2D eigenvalue weighted by Crippen LogP contribution is -2.25. The van der Waals surface area contributed by atoms with Gasteiger partial charge in [0.1, 0.15) is 6.10 Å². The number of likely N-dealkylation sites (tertiary alicyclic amines) is 1. The predicted molar refractivity (Wildman–Crippen MR) is 48.5 cm³/mol. The van der Waals surface area contributed by atoms with Gasteiger partial charge in [0.05, 0.1) is 5.71 Å². The lowest BCUT2D eigenvalue weighted by molar-refractivity contribution is -0.117. The smallest absolute Gasteiger partial charge is 0.209 e. The van der Waals surface area contributed by atoms with E-state index in [4.69, 9.17) is 4.84 Å². The molecule has 0 spiro atoms.